The molecule has 0 radical (unpaired) electrons. The van der Waals surface area contributed by atoms with Crippen LogP contribution in [-0.2, 0) is 0 Å². The Kier molecular flexibility index (Phi) is 5.66. The highest BCUT2D eigenvalue weighted by atomic mass is 79.9. The van der Waals surface area contributed by atoms with E-state index in [-0.39, 0.29) is 0 Å². The minimum Gasteiger partial charge on any atom is -0.369 e. The van der Waals surface area contributed by atoms with Crippen LogP contribution in [0.4, 0.5) is 5.82 Å². The van der Waals surface area contributed by atoms with Gasteiger partial charge in [0, 0.05) is 15.9 Å². The van der Waals surface area contributed by atoms with E-state index < -0.39 is 0 Å². The zero-order chi connectivity index (χ0) is 13.7. The zero-order valence-electron chi connectivity index (χ0n) is 10.4. The molecule has 1 aromatic carbocycles. The van der Waals surface area contributed by atoms with Gasteiger partial charge in [0.1, 0.15) is 17.2 Å². The number of aromatic nitrogens is 2. The lowest BCUT2D eigenvalue weighted by Gasteiger charge is -2.09. The molecular weight excluding hydrogens is 390 g/mol. The van der Waals surface area contributed by atoms with Crippen LogP contribution in [0.15, 0.2) is 49.5 Å². The standard InChI is InChI=1S/C13H13Br2N3S/c1-2-6-16-12-11(15)13(18-8-17-12)19-10-5-3-4-9(14)7-10/h3-5,7-8H,2,6H2,1H3,(H,16,17,18). The predicted molar refractivity (Wildman–Crippen MR) is 86.8 cm³/mol. The van der Waals surface area contributed by atoms with E-state index in [2.05, 4.69) is 66.2 Å². The molecule has 0 bridgehead atoms. The van der Waals surface area contributed by atoms with Crippen molar-refractivity contribution in [2.75, 3.05) is 11.9 Å². The van der Waals surface area contributed by atoms with Gasteiger partial charge in [0.2, 0.25) is 0 Å². The van der Waals surface area contributed by atoms with Crippen LogP contribution in [0.5, 0.6) is 0 Å². The first-order chi connectivity index (χ1) is 9.20. The van der Waals surface area contributed by atoms with Gasteiger partial charge in [0.05, 0.1) is 4.47 Å². The molecule has 100 valence electrons. The fourth-order valence-electron chi connectivity index (χ4n) is 1.43. The summed E-state index contributed by atoms with van der Waals surface area (Å²) >= 11 is 8.65. The predicted octanol–water partition coefficient (Wildman–Crippen LogP) is 4.97. The summed E-state index contributed by atoms with van der Waals surface area (Å²) in [4.78, 5) is 9.70. The molecule has 0 amide bonds. The van der Waals surface area contributed by atoms with Crippen molar-refractivity contribution < 1.29 is 0 Å². The maximum Gasteiger partial charge on any atom is 0.144 e. The SMILES string of the molecule is CCCNc1ncnc(Sc2cccc(Br)c2)c1Br. The van der Waals surface area contributed by atoms with Gasteiger partial charge in [-0.1, -0.05) is 40.7 Å². The molecule has 0 aliphatic heterocycles. The number of nitrogens with zero attached hydrogens (tertiary/aromatic N) is 2. The lowest BCUT2D eigenvalue weighted by Crippen LogP contribution is -2.03. The Morgan fingerprint density at radius 3 is 2.84 bits per heavy atom. The molecule has 0 unspecified atom stereocenters. The van der Waals surface area contributed by atoms with E-state index in [9.17, 15) is 0 Å². The third-order valence-corrected chi connectivity index (χ3v) is 4.81. The average molecular weight is 403 g/mol. The van der Waals surface area contributed by atoms with Crippen molar-refractivity contribution in [3.8, 4) is 0 Å². The Labute approximate surface area is 133 Å². The Bertz CT molecular complexity index is 563. The van der Waals surface area contributed by atoms with Crippen molar-refractivity contribution in [2.45, 2.75) is 23.3 Å². The third-order valence-electron chi connectivity index (χ3n) is 2.31. The number of anilines is 1. The van der Waals surface area contributed by atoms with Gasteiger partial charge in [0.15, 0.2) is 0 Å². The van der Waals surface area contributed by atoms with Gasteiger partial charge in [-0.05, 0) is 40.5 Å². The molecule has 6 heteroatoms. The fraction of sp³-hybridized carbons (Fsp3) is 0.231. The van der Waals surface area contributed by atoms with Crippen LogP contribution >= 0.6 is 43.6 Å². The van der Waals surface area contributed by atoms with Crippen LogP contribution in [0.25, 0.3) is 0 Å². The van der Waals surface area contributed by atoms with Crippen LogP contribution in [0.1, 0.15) is 13.3 Å². The van der Waals surface area contributed by atoms with Crippen molar-refractivity contribution in [1.29, 1.82) is 0 Å². The van der Waals surface area contributed by atoms with Crippen molar-refractivity contribution in [3.63, 3.8) is 0 Å². The van der Waals surface area contributed by atoms with Gasteiger partial charge < -0.3 is 5.32 Å². The van der Waals surface area contributed by atoms with Crippen LogP contribution in [0.3, 0.4) is 0 Å². The maximum atomic E-state index is 4.32. The highest BCUT2D eigenvalue weighted by Crippen LogP contribution is 2.35. The van der Waals surface area contributed by atoms with Crippen molar-refractivity contribution in [3.05, 3.63) is 39.5 Å². The molecule has 0 saturated carbocycles. The fourth-order valence-corrected chi connectivity index (χ4v) is 3.41. The summed E-state index contributed by atoms with van der Waals surface area (Å²) in [5.41, 5.74) is 0. The number of benzene rings is 1. The van der Waals surface area contributed by atoms with E-state index in [1.54, 1.807) is 18.1 Å². The average Bonchev–Trinajstić information content (AvgIpc) is 2.40. The molecule has 3 nitrogen and oxygen atoms in total. The van der Waals surface area contributed by atoms with Gasteiger partial charge in [-0.2, -0.15) is 0 Å². The number of hydrogen-bond donors (Lipinski definition) is 1. The lowest BCUT2D eigenvalue weighted by molar-refractivity contribution is 0.946. The molecule has 0 atom stereocenters. The molecule has 1 N–H and O–H groups in total. The summed E-state index contributed by atoms with van der Waals surface area (Å²) in [5.74, 6) is 0.842. The molecule has 2 aromatic rings. The molecule has 1 aromatic heterocycles. The molecule has 0 spiro atoms. The minimum atomic E-state index is 0.842. The van der Waals surface area contributed by atoms with E-state index in [1.807, 2.05) is 12.1 Å². The largest absolute Gasteiger partial charge is 0.369 e. The van der Waals surface area contributed by atoms with Crippen LogP contribution in [0, 0.1) is 0 Å². The third kappa shape index (κ3) is 4.19. The molecule has 19 heavy (non-hydrogen) atoms. The molecule has 0 fully saturated rings. The Morgan fingerprint density at radius 1 is 1.26 bits per heavy atom. The first-order valence-electron chi connectivity index (χ1n) is 5.88. The van der Waals surface area contributed by atoms with Gasteiger partial charge in [-0.25, -0.2) is 9.97 Å². The quantitative estimate of drug-likeness (QED) is 0.716. The van der Waals surface area contributed by atoms with E-state index in [1.165, 1.54) is 0 Å². The highest BCUT2D eigenvalue weighted by Gasteiger charge is 2.09. The number of rotatable bonds is 5. The van der Waals surface area contributed by atoms with E-state index >= 15 is 0 Å². The van der Waals surface area contributed by atoms with E-state index in [0.717, 1.165) is 37.7 Å². The Hall–Kier alpha value is -0.590. The monoisotopic (exact) mass is 401 g/mol. The summed E-state index contributed by atoms with van der Waals surface area (Å²) in [6.45, 7) is 3.02. The Morgan fingerprint density at radius 2 is 2.11 bits per heavy atom. The van der Waals surface area contributed by atoms with Crippen molar-refractivity contribution in [2.24, 2.45) is 0 Å². The molecule has 0 aliphatic rings. The van der Waals surface area contributed by atoms with Crippen LogP contribution in [-0.4, -0.2) is 16.5 Å². The number of nitrogens with one attached hydrogen (secondary N) is 1. The second kappa shape index (κ2) is 7.26. The second-order valence-corrected chi connectivity index (χ2v) is 6.60. The molecule has 0 aliphatic carbocycles. The van der Waals surface area contributed by atoms with E-state index in [0.29, 0.717) is 0 Å². The molecule has 2 rings (SSSR count). The first kappa shape index (κ1) is 14.8. The van der Waals surface area contributed by atoms with Crippen molar-refractivity contribution >= 4 is 49.4 Å². The smallest absolute Gasteiger partial charge is 0.144 e. The molecular formula is C13H13Br2N3S. The normalized spacial score (nSPS) is 10.5. The van der Waals surface area contributed by atoms with Crippen LogP contribution < -0.4 is 5.32 Å². The number of hydrogen-bond acceptors (Lipinski definition) is 4. The summed E-state index contributed by atoms with van der Waals surface area (Å²) in [6.07, 6.45) is 2.65. The summed E-state index contributed by atoms with van der Waals surface area (Å²) in [7, 11) is 0. The zero-order valence-corrected chi connectivity index (χ0v) is 14.3. The highest BCUT2D eigenvalue weighted by molar-refractivity contribution is 9.11. The minimum absolute atomic E-state index is 0.842. The number of halogens is 2. The van der Waals surface area contributed by atoms with Gasteiger partial charge in [-0.15, -0.1) is 0 Å². The van der Waals surface area contributed by atoms with E-state index in [4.69, 9.17) is 0 Å². The summed E-state index contributed by atoms with van der Waals surface area (Å²) in [5, 5.41) is 4.19. The maximum absolute atomic E-state index is 4.32. The van der Waals surface area contributed by atoms with Crippen LogP contribution in [0.2, 0.25) is 0 Å². The summed E-state index contributed by atoms with van der Waals surface area (Å²) in [6, 6.07) is 8.15. The summed E-state index contributed by atoms with van der Waals surface area (Å²) < 4.78 is 1.97. The van der Waals surface area contributed by atoms with Gasteiger partial charge >= 0.3 is 0 Å². The Balaban J connectivity index is 2.20. The van der Waals surface area contributed by atoms with Crippen molar-refractivity contribution in [1.82, 2.24) is 9.97 Å². The topological polar surface area (TPSA) is 37.8 Å². The molecule has 0 saturated heterocycles. The van der Waals surface area contributed by atoms with Gasteiger partial charge in [-0.3, -0.25) is 0 Å². The van der Waals surface area contributed by atoms with Gasteiger partial charge in [0.25, 0.3) is 0 Å². The first-order valence-corrected chi connectivity index (χ1v) is 8.28. The second-order valence-electron chi connectivity index (χ2n) is 3.83. The lowest BCUT2D eigenvalue weighted by atomic mass is 10.4. The molecule has 1 heterocycles.